The molecular formula is C19H22BrN3O2. The molecule has 3 rings (SSSR count). The molecule has 2 aromatic rings. The maximum atomic E-state index is 12.3. The average Bonchev–Trinajstić information content (AvgIpc) is 3.08. The number of anilines is 1. The van der Waals surface area contributed by atoms with E-state index in [4.69, 9.17) is 10.2 Å². The number of rotatable bonds is 4. The quantitative estimate of drug-likeness (QED) is 0.626. The Kier molecular flexibility index (Phi) is 5.60. The lowest BCUT2D eigenvalue weighted by Gasteiger charge is -2.33. The van der Waals surface area contributed by atoms with E-state index >= 15 is 0 Å². The van der Waals surface area contributed by atoms with E-state index in [-0.39, 0.29) is 5.91 Å². The molecule has 1 aliphatic rings. The highest BCUT2D eigenvalue weighted by atomic mass is 79.9. The van der Waals surface area contributed by atoms with Crippen molar-refractivity contribution in [1.29, 1.82) is 0 Å². The van der Waals surface area contributed by atoms with Gasteiger partial charge in [-0.1, -0.05) is 6.92 Å². The van der Waals surface area contributed by atoms with E-state index in [0.29, 0.717) is 11.4 Å². The topological polar surface area (TPSA) is 62.7 Å². The summed E-state index contributed by atoms with van der Waals surface area (Å²) in [4.78, 5) is 16.5. The molecule has 0 aliphatic carbocycles. The molecule has 0 spiro atoms. The van der Waals surface area contributed by atoms with Crippen LogP contribution in [-0.2, 0) is 4.79 Å². The normalized spacial score (nSPS) is 15.8. The maximum absolute atomic E-state index is 12.3. The summed E-state index contributed by atoms with van der Waals surface area (Å²) >= 11 is 3.50. The van der Waals surface area contributed by atoms with Crippen LogP contribution in [0.1, 0.15) is 12.7 Å². The Hall–Kier alpha value is -2.05. The second-order valence-corrected chi connectivity index (χ2v) is 6.89. The minimum atomic E-state index is 0.0300. The van der Waals surface area contributed by atoms with Gasteiger partial charge in [-0.15, -0.1) is 0 Å². The van der Waals surface area contributed by atoms with Crippen LogP contribution in [0.15, 0.2) is 45.3 Å². The van der Waals surface area contributed by atoms with Crippen molar-refractivity contribution in [2.45, 2.75) is 6.92 Å². The molecule has 1 saturated heterocycles. The molecule has 1 aromatic carbocycles. The highest BCUT2D eigenvalue weighted by Gasteiger charge is 2.18. The Bertz CT molecular complexity index is 777. The van der Waals surface area contributed by atoms with Gasteiger partial charge in [0.15, 0.2) is 0 Å². The fourth-order valence-corrected chi connectivity index (χ4v) is 3.45. The van der Waals surface area contributed by atoms with Gasteiger partial charge in [0.1, 0.15) is 11.5 Å². The largest absolute Gasteiger partial charge is 0.457 e. The number of halogens is 1. The van der Waals surface area contributed by atoms with Crippen molar-refractivity contribution in [3.63, 3.8) is 0 Å². The zero-order valence-electron chi connectivity index (χ0n) is 14.2. The molecule has 2 heterocycles. The van der Waals surface area contributed by atoms with Crippen LogP contribution in [0.5, 0.6) is 0 Å². The lowest BCUT2D eigenvalue weighted by Crippen LogP contribution is -2.48. The van der Waals surface area contributed by atoms with E-state index in [2.05, 4.69) is 27.8 Å². The second kappa shape index (κ2) is 7.89. The van der Waals surface area contributed by atoms with E-state index in [1.807, 2.05) is 35.2 Å². The Balaban J connectivity index is 1.65. The molecule has 0 saturated carbocycles. The standard InChI is InChI=1S/C19H22BrN3O2/c1-2-22-9-11-23(12-10-22)19(24)8-5-15-4-7-18(25-15)16-6-3-14(21)13-17(16)20/h3-8,13H,2,9-12,21H2,1H3/b8-5+. The summed E-state index contributed by atoms with van der Waals surface area (Å²) in [6, 6.07) is 9.33. The van der Waals surface area contributed by atoms with Crippen molar-refractivity contribution >= 4 is 33.6 Å². The van der Waals surface area contributed by atoms with Gasteiger partial charge in [0.25, 0.3) is 0 Å². The minimum absolute atomic E-state index is 0.0300. The summed E-state index contributed by atoms with van der Waals surface area (Å²) in [6.45, 7) is 6.61. The number of amides is 1. The molecule has 0 atom stereocenters. The van der Waals surface area contributed by atoms with Gasteiger partial charge in [-0.25, -0.2) is 0 Å². The SMILES string of the molecule is CCN1CCN(C(=O)/C=C/c2ccc(-c3ccc(N)cc3Br)o2)CC1. The van der Waals surface area contributed by atoms with Gasteiger partial charge in [-0.05, 0) is 58.9 Å². The minimum Gasteiger partial charge on any atom is -0.457 e. The van der Waals surface area contributed by atoms with Gasteiger partial charge in [0.05, 0.1) is 0 Å². The van der Waals surface area contributed by atoms with Crippen molar-refractivity contribution in [2.75, 3.05) is 38.5 Å². The summed E-state index contributed by atoms with van der Waals surface area (Å²) in [6.07, 6.45) is 3.31. The van der Waals surface area contributed by atoms with Gasteiger partial charge < -0.3 is 20.0 Å². The summed E-state index contributed by atoms with van der Waals surface area (Å²) < 4.78 is 6.70. The number of carbonyl (C=O) groups excluding carboxylic acids is 1. The van der Waals surface area contributed by atoms with Crippen LogP contribution in [0.3, 0.4) is 0 Å². The van der Waals surface area contributed by atoms with Gasteiger partial charge in [-0.2, -0.15) is 0 Å². The molecule has 1 aliphatic heterocycles. The van der Waals surface area contributed by atoms with Crippen molar-refractivity contribution in [2.24, 2.45) is 0 Å². The molecule has 132 valence electrons. The average molecular weight is 404 g/mol. The van der Waals surface area contributed by atoms with E-state index in [0.717, 1.165) is 48.5 Å². The number of nitrogens with two attached hydrogens (primary N) is 1. The first kappa shape index (κ1) is 17.8. The van der Waals surface area contributed by atoms with Crippen molar-refractivity contribution in [3.8, 4) is 11.3 Å². The Morgan fingerprint density at radius 2 is 2.00 bits per heavy atom. The summed E-state index contributed by atoms with van der Waals surface area (Å²) in [5, 5.41) is 0. The number of benzene rings is 1. The highest BCUT2D eigenvalue weighted by Crippen LogP contribution is 2.31. The molecule has 5 nitrogen and oxygen atoms in total. The number of nitrogen functional groups attached to an aromatic ring is 1. The predicted molar refractivity (Wildman–Crippen MR) is 104 cm³/mol. The van der Waals surface area contributed by atoms with E-state index in [9.17, 15) is 4.79 Å². The van der Waals surface area contributed by atoms with Crippen LogP contribution in [0.4, 0.5) is 5.69 Å². The second-order valence-electron chi connectivity index (χ2n) is 6.03. The fourth-order valence-electron chi connectivity index (χ4n) is 2.86. The lowest BCUT2D eigenvalue weighted by atomic mass is 10.1. The van der Waals surface area contributed by atoms with E-state index in [1.54, 1.807) is 12.2 Å². The van der Waals surface area contributed by atoms with Crippen molar-refractivity contribution in [3.05, 3.63) is 46.6 Å². The van der Waals surface area contributed by atoms with Gasteiger partial charge >= 0.3 is 0 Å². The molecule has 1 amide bonds. The fraction of sp³-hybridized carbons (Fsp3) is 0.316. The Morgan fingerprint density at radius 1 is 1.24 bits per heavy atom. The molecule has 0 unspecified atom stereocenters. The third kappa shape index (κ3) is 4.32. The summed E-state index contributed by atoms with van der Waals surface area (Å²) in [7, 11) is 0. The lowest BCUT2D eigenvalue weighted by molar-refractivity contribution is -0.127. The third-order valence-corrected chi connectivity index (χ3v) is 5.06. The Morgan fingerprint density at radius 3 is 2.68 bits per heavy atom. The van der Waals surface area contributed by atoms with E-state index in [1.165, 1.54) is 0 Å². The number of likely N-dealkylation sites (N-methyl/N-ethyl adjacent to an activating group) is 1. The molecule has 1 fully saturated rings. The van der Waals surface area contributed by atoms with Crippen LogP contribution in [0.25, 0.3) is 17.4 Å². The molecule has 0 radical (unpaired) electrons. The Labute approximate surface area is 156 Å². The molecular weight excluding hydrogens is 382 g/mol. The first-order valence-electron chi connectivity index (χ1n) is 8.41. The number of carbonyl (C=O) groups is 1. The van der Waals surface area contributed by atoms with E-state index < -0.39 is 0 Å². The number of nitrogens with zero attached hydrogens (tertiary/aromatic N) is 2. The van der Waals surface area contributed by atoms with Crippen LogP contribution >= 0.6 is 15.9 Å². The molecule has 0 bridgehead atoms. The van der Waals surface area contributed by atoms with Crippen LogP contribution in [-0.4, -0.2) is 48.4 Å². The molecule has 1 aromatic heterocycles. The number of hydrogen-bond donors (Lipinski definition) is 1. The zero-order valence-corrected chi connectivity index (χ0v) is 15.8. The number of furan rings is 1. The van der Waals surface area contributed by atoms with Crippen LogP contribution in [0, 0.1) is 0 Å². The van der Waals surface area contributed by atoms with Gasteiger partial charge in [0.2, 0.25) is 5.91 Å². The van der Waals surface area contributed by atoms with Crippen molar-refractivity contribution in [1.82, 2.24) is 9.80 Å². The monoisotopic (exact) mass is 403 g/mol. The first-order chi connectivity index (χ1) is 12.1. The van der Waals surface area contributed by atoms with Crippen LogP contribution < -0.4 is 5.73 Å². The van der Waals surface area contributed by atoms with Crippen LogP contribution in [0.2, 0.25) is 0 Å². The molecule has 2 N–H and O–H groups in total. The van der Waals surface area contributed by atoms with Gasteiger partial charge in [-0.3, -0.25) is 4.79 Å². The first-order valence-corrected chi connectivity index (χ1v) is 9.20. The summed E-state index contributed by atoms with van der Waals surface area (Å²) in [5.74, 6) is 1.41. The highest BCUT2D eigenvalue weighted by molar-refractivity contribution is 9.10. The summed E-state index contributed by atoms with van der Waals surface area (Å²) in [5.41, 5.74) is 7.38. The maximum Gasteiger partial charge on any atom is 0.246 e. The smallest absolute Gasteiger partial charge is 0.246 e. The molecule has 6 heteroatoms. The number of hydrogen-bond acceptors (Lipinski definition) is 4. The number of piperazine rings is 1. The molecule has 25 heavy (non-hydrogen) atoms. The predicted octanol–water partition coefficient (Wildman–Crippen LogP) is 3.47. The zero-order chi connectivity index (χ0) is 17.8. The van der Waals surface area contributed by atoms with Gasteiger partial charge in [0, 0.05) is 48.0 Å². The van der Waals surface area contributed by atoms with Crippen molar-refractivity contribution < 1.29 is 9.21 Å². The third-order valence-electron chi connectivity index (χ3n) is 4.41.